The number of rotatable bonds is 10. The van der Waals surface area contributed by atoms with Crippen molar-refractivity contribution in [3.63, 3.8) is 0 Å². The van der Waals surface area contributed by atoms with Crippen LogP contribution >= 0.6 is 0 Å². The van der Waals surface area contributed by atoms with Crippen LogP contribution in [0.1, 0.15) is 75.3 Å². The van der Waals surface area contributed by atoms with Crippen LogP contribution in [0, 0.1) is 29.2 Å². The van der Waals surface area contributed by atoms with Crippen LogP contribution < -0.4 is 4.74 Å². The zero-order chi connectivity index (χ0) is 30.6. The Hall–Kier alpha value is -3.74. The Balaban J connectivity index is 1.21. The average molecular weight is 597 g/mol. The minimum absolute atomic E-state index is 0.0615. The highest BCUT2D eigenvalue weighted by atomic mass is 19.3. The van der Waals surface area contributed by atoms with Gasteiger partial charge in [0.15, 0.2) is 17.5 Å². The van der Waals surface area contributed by atoms with Crippen molar-refractivity contribution in [3.05, 3.63) is 113 Å². The van der Waals surface area contributed by atoms with Crippen molar-refractivity contribution in [2.24, 2.45) is 5.92 Å². The molecular weight excluding hydrogens is 562 g/mol. The third kappa shape index (κ3) is 7.26. The second-order valence-corrected chi connectivity index (χ2v) is 11.4. The number of unbranched alkanes of at least 4 members (excludes halogenated alkanes) is 2. The predicted octanol–water partition coefficient (Wildman–Crippen LogP) is 11.6. The van der Waals surface area contributed by atoms with Gasteiger partial charge < -0.3 is 4.74 Å². The van der Waals surface area contributed by atoms with E-state index in [9.17, 15) is 17.6 Å². The number of benzene rings is 4. The maximum atomic E-state index is 15.0. The molecule has 1 saturated carbocycles. The Morgan fingerprint density at radius 2 is 1.28 bits per heavy atom. The van der Waals surface area contributed by atoms with Gasteiger partial charge in [0.25, 0.3) is 0 Å². The molecule has 4 aromatic carbocycles. The van der Waals surface area contributed by atoms with E-state index in [0.29, 0.717) is 17.0 Å². The molecule has 0 aliphatic heterocycles. The van der Waals surface area contributed by atoms with Crippen molar-refractivity contribution < 1.29 is 31.1 Å². The highest BCUT2D eigenvalue weighted by molar-refractivity contribution is 5.71. The summed E-state index contributed by atoms with van der Waals surface area (Å²) >= 11 is 0. The van der Waals surface area contributed by atoms with Gasteiger partial charge in [-0.15, -0.1) is 0 Å². The molecule has 226 valence electrons. The molecule has 0 atom stereocenters. The highest BCUT2D eigenvalue weighted by Crippen LogP contribution is 2.39. The van der Waals surface area contributed by atoms with Crippen molar-refractivity contribution >= 4 is 0 Å². The number of alkyl halides is 2. The fraction of sp³-hybridized carbons (Fsp3) is 0.333. The van der Waals surface area contributed by atoms with Crippen LogP contribution in [0.25, 0.3) is 22.3 Å². The van der Waals surface area contributed by atoms with Crippen LogP contribution in [0.5, 0.6) is 5.75 Å². The van der Waals surface area contributed by atoms with E-state index in [-0.39, 0.29) is 22.4 Å². The minimum atomic E-state index is -3.55. The molecule has 1 aliphatic rings. The smallest absolute Gasteiger partial charge is 0.426 e. The number of hydrogen-bond donors (Lipinski definition) is 0. The van der Waals surface area contributed by atoms with Crippen LogP contribution in [-0.2, 0) is 6.11 Å². The van der Waals surface area contributed by atoms with Gasteiger partial charge in [0, 0.05) is 5.56 Å². The van der Waals surface area contributed by atoms with Crippen molar-refractivity contribution in [2.75, 3.05) is 0 Å². The summed E-state index contributed by atoms with van der Waals surface area (Å²) in [6, 6.07) is 17.6. The van der Waals surface area contributed by atoms with Crippen LogP contribution in [-0.4, -0.2) is 0 Å². The van der Waals surface area contributed by atoms with Crippen molar-refractivity contribution in [1.82, 2.24) is 0 Å². The number of halogens is 6. The molecule has 43 heavy (non-hydrogen) atoms. The average Bonchev–Trinajstić information content (AvgIpc) is 3.00. The summed E-state index contributed by atoms with van der Waals surface area (Å²) in [5.74, 6) is -4.13. The van der Waals surface area contributed by atoms with Gasteiger partial charge in [-0.3, -0.25) is 0 Å². The van der Waals surface area contributed by atoms with E-state index >= 15 is 8.78 Å². The lowest BCUT2D eigenvalue weighted by Crippen LogP contribution is -2.22. The lowest BCUT2D eigenvalue weighted by Gasteiger charge is -2.29. The summed E-state index contributed by atoms with van der Waals surface area (Å²) in [5.41, 5.74) is 1.52. The van der Waals surface area contributed by atoms with Crippen molar-refractivity contribution in [1.29, 1.82) is 0 Å². The summed E-state index contributed by atoms with van der Waals surface area (Å²) in [5, 5.41) is 0. The molecule has 1 aliphatic carbocycles. The summed E-state index contributed by atoms with van der Waals surface area (Å²) in [6.45, 7) is 2.21. The van der Waals surface area contributed by atoms with Gasteiger partial charge in [0.1, 0.15) is 11.6 Å². The quantitative estimate of drug-likeness (QED) is 0.101. The highest BCUT2D eigenvalue weighted by Gasteiger charge is 2.35. The largest absolute Gasteiger partial charge is 0.429 e. The van der Waals surface area contributed by atoms with E-state index in [1.165, 1.54) is 87.1 Å². The first-order valence-corrected chi connectivity index (χ1v) is 14.9. The third-order valence-electron chi connectivity index (χ3n) is 8.48. The summed E-state index contributed by atoms with van der Waals surface area (Å²) in [4.78, 5) is 0. The van der Waals surface area contributed by atoms with Gasteiger partial charge in [0.2, 0.25) is 0 Å². The van der Waals surface area contributed by atoms with Gasteiger partial charge in [-0.25, -0.2) is 17.6 Å². The summed E-state index contributed by atoms with van der Waals surface area (Å²) in [6.07, 6.45) is 6.09. The Morgan fingerprint density at radius 1 is 0.674 bits per heavy atom. The van der Waals surface area contributed by atoms with Crippen molar-refractivity contribution in [2.45, 2.75) is 70.3 Å². The molecule has 4 aromatic rings. The van der Waals surface area contributed by atoms with Gasteiger partial charge in [-0.05, 0) is 102 Å². The molecular formula is C36H34F6O. The van der Waals surface area contributed by atoms with Gasteiger partial charge in [-0.2, -0.15) is 8.78 Å². The molecule has 1 nitrogen and oxygen atoms in total. The number of hydrogen-bond acceptors (Lipinski definition) is 1. The van der Waals surface area contributed by atoms with E-state index in [2.05, 4.69) is 6.92 Å². The SMILES string of the molecule is CCCCCC1CCC(c2ccc(C(F)(F)Oc3ccc(-c4ccc(-c5cc(F)c(F)c(F)c5)c(F)c4)cc3)cc2)CC1. The second kappa shape index (κ2) is 13.3. The maximum Gasteiger partial charge on any atom is 0.426 e. The first kappa shape index (κ1) is 30.7. The second-order valence-electron chi connectivity index (χ2n) is 11.4. The van der Waals surface area contributed by atoms with E-state index in [4.69, 9.17) is 4.74 Å². The van der Waals surface area contributed by atoms with E-state index in [1.807, 2.05) is 0 Å². The van der Waals surface area contributed by atoms with E-state index in [0.717, 1.165) is 42.5 Å². The molecule has 0 unspecified atom stereocenters. The molecule has 0 radical (unpaired) electrons. The molecule has 0 bridgehead atoms. The van der Waals surface area contributed by atoms with Crippen molar-refractivity contribution in [3.8, 4) is 28.0 Å². The zero-order valence-electron chi connectivity index (χ0n) is 24.0. The van der Waals surface area contributed by atoms with E-state index in [1.54, 1.807) is 12.1 Å². The standard InChI is InChI=1S/C36H34F6O/c1-2-3-4-5-23-6-8-24(9-7-23)25-10-15-29(16-11-25)36(41,42)43-30-17-12-26(13-18-30)27-14-19-31(32(37)20-27)28-21-33(38)35(40)34(39)22-28/h10-24H,2-9H2,1H3. The molecule has 7 heteroatoms. The molecule has 0 heterocycles. The normalized spacial score (nSPS) is 17.2. The summed E-state index contributed by atoms with van der Waals surface area (Å²) < 4.78 is 90.4. The Kier molecular flexibility index (Phi) is 9.48. The lowest BCUT2D eigenvalue weighted by molar-refractivity contribution is -0.185. The van der Waals surface area contributed by atoms with E-state index < -0.39 is 29.4 Å². The van der Waals surface area contributed by atoms with Gasteiger partial charge >= 0.3 is 6.11 Å². The minimum Gasteiger partial charge on any atom is -0.429 e. The predicted molar refractivity (Wildman–Crippen MR) is 157 cm³/mol. The fourth-order valence-electron chi connectivity index (χ4n) is 5.98. The topological polar surface area (TPSA) is 9.23 Å². The molecule has 0 N–H and O–H groups in total. The summed E-state index contributed by atoms with van der Waals surface area (Å²) in [7, 11) is 0. The molecule has 0 aromatic heterocycles. The van der Waals surface area contributed by atoms with Crippen LogP contribution in [0.2, 0.25) is 0 Å². The fourth-order valence-corrected chi connectivity index (χ4v) is 5.98. The molecule has 1 fully saturated rings. The van der Waals surface area contributed by atoms with Gasteiger partial charge in [0.05, 0.1) is 5.56 Å². The molecule has 0 amide bonds. The number of ether oxygens (including phenoxy) is 1. The molecule has 0 spiro atoms. The monoisotopic (exact) mass is 596 g/mol. The Labute approximate surface area is 248 Å². The molecule has 0 saturated heterocycles. The maximum absolute atomic E-state index is 15.0. The Morgan fingerprint density at radius 3 is 1.88 bits per heavy atom. The Bertz CT molecular complexity index is 1500. The lowest BCUT2D eigenvalue weighted by atomic mass is 9.77. The zero-order valence-corrected chi connectivity index (χ0v) is 24.0. The van der Waals surface area contributed by atoms with Crippen LogP contribution in [0.4, 0.5) is 26.3 Å². The van der Waals surface area contributed by atoms with Crippen LogP contribution in [0.15, 0.2) is 78.9 Å². The third-order valence-corrected chi connectivity index (χ3v) is 8.48. The molecule has 5 rings (SSSR count). The van der Waals surface area contributed by atoms with Gasteiger partial charge in [-0.1, -0.05) is 69.0 Å². The first-order chi connectivity index (χ1) is 20.6. The first-order valence-electron chi connectivity index (χ1n) is 14.9. The van der Waals surface area contributed by atoms with Crippen LogP contribution in [0.3, 0.4) is 0 Å².